The molecule has 1 saturated carbocycles. The van der Waals surface area contributed by atoms with Gasteiger partial charge in [-0.1, -0.05) is 26.2 Å². The molecule has 0 amide bonds. The molecule has 114 valence electrons. The molecule has 0 aliphatic heterocycles. The average Bonchev–Trinajstić information content (AvgIpc) is 3.00. The molecular weight excluding hydrogens is 264 g/mol. The third-order valence-electron chi connectivity index (χ3n) is 4.08. The molecule has 2 aromatic heterocycles. The lowest BCUT2D eigenvalue weighted by molar-refractivity contribution is 0.204. The largest absolute Gasteiger partial charge is 0.475 e. The molecule has 5 heteroatoms. The fourth-order valence-corrected chi connectivity index (χ4v) is 2.89. The van der Waals surface area contributed by atoms with Crippen LogP contribution in [0.4, 0.5) is 5.82 Å². The van der Waals surface area contributed by atoms with Gasteiger partial charge in [-0.2, -0.15) is 4.98 Å². The van der Waals surface area contributed by atoms with Crippen molar-refractivity contribution in [2.45, 2.75) is 45.4 Å². The summed E-state index contributed by atoms with van der Waals surface area (Å²) in [5.74, 6) is 2.16. The van der Waals surface area contributed by atoms with Crippen LogP contribution in [-0.4, -0.2) is 27.5 Å². The molecule has 0 atom stereocenters. The van der Waals surface area contributed by atoms with Crippen molar-refractivity contribution in [1.82, 2.24) is 14.4 Å². The number of fused-ring (bicyclic) bond motifs is 1. The van der Waals surface area contributed by atoms with E-state index in [1.165, 1.54) is 32.1 Å². The summed E-state index contributed by atoms with van der Waals surface area (Å²) in [6.45, 7) is 3.81. The summed E-state index contributed by atoms with van der Waals surface area (Å²) < 4.78 is 7.98. The average molecular weight is 288 g/mol. The Morgan fingerprint density at radius 2 is 2.19 bits per heavy atom. The predicted molar refractivity (Wildman–Crippen MR) is 83.8 cm³/mol. The minimum absolute atomic E-state index is 0.645. The lowest BCUT2D eigenvalue weighted by Gasteiger charge is -2.21. The molecule has 0 radical (unpaired) electrons. The van der Waals surface area contributed by atoms with Crippen LogP contribution in [-0.2, 0) is 0 Å². The van der Waals surface area contributed by atoms with Gasteiger partial charge in [0.05, 0.1) is 12.8 Å². The van der Waals surface area contributed by atoms with E-state index < -0.39 is 0 Å². The van der Waals surface area contributed by atoms with E-state index in [0.717, 1.165) is 31.0 Å². The smallest absolute Gasteiger partial charge is 0.260 e. The minimum atomic E-state index is 0.645. The number of hydrogen-bond acceptors (Lipinski definition) is 4. The van der Waals surface area contributed by atoms with Crippen molar-refractivity contribution in [3.05, 3.63) is 18.6 Å². The summed E-state index contributed by atoms with van der Waals surface area (Å²) in [6.07, 6.45) is 13.3. The lowest BCUT2D eigenvalue weighted by Crippen LogP contribution is -2.16. The number of rotatable bonds is 6. The van der Waals surface area contributed by atoms with E-state index in [2.05, 4.69) is 22.2 Å². The highest BCUT2D eigenvalue weighted by Crippen LogP contribution is 2.25. The highest BCUT2D eigenvalue weighted by Gasteiger charge is 2.16. The molecule has 1 N–H and O–H groups in total. The van der Waals surface area contributed by atoms with Crippen LogP contribution < -0.4 is 10.1 Å². The van der Waals surface area contributed by atoms with E-state index in [1.807, 2.05) is 16.8 Å². The molecule has 1 aliphatic rings. The zero-order valence-electron chi connectivity index (χ0n) is 12.7. The molecule has 5 nitrogen and oxygen atoms in total. The topological polar surface area (TPSA) is 51.5 Å². The summed E-state index contributed by atoms with van der Waals surface area (Å²) in [6, 6.07) is 0. The third kappa shape index (κ3) is 3.46. The van der Waals surface area contributed by atoms with Crippen LogP contribution >= 0.6 is 0 Å². The summed E-state index contributed by atoms with van der Waals surface area (Å²) in [5.41, 5.74) is 0.799. The Bertz CT molecular complexity index is 575. The standard InChI is InChI=1S/C16H24N4O/c1-2-8-17-14-11-20-10-9-18-15(20)16(19-14)21-12-13-6-4-3-5-7-13/h9-11,13,17H,2-8,12H2,1H3. The first-order chi connectivity index (χ1) is 10.4. The molecule has 0 spiro atoms. The van der Waals surface area contributed by atoms with Crippen LogP contribution in [0.2, 0.25) is 0 Å². The molecule has 1 aliphatic carbocycles. The zero-order chi connectivity index (χ0) is 14.5. The van der Waals surface area contributed by atoms with E-state index in [4.69, 9.17) is 4.74 Å². The molecule has 2 heterocycles. The summed E-state index contributed by atoms with van der Waals surface area (Å²) in [5, 5.41) is 3.31. The Hall–Kier alpha value is -1.78. The van der Waals surface area contributed by atoms with Crippen LogP contribution in [0.3, 0.4) is 0 Å². The summed E-state index contributed by atoms with van der Waals surface area (Å²) >= 11 is 0. The van der Waals surface area contributed by atoms with Crippen molar-refractivity contribution in [2.24, 2.45) is 5.92 Å². The number of aromatic nitrogens is 3. The zero-order valence-corrected chi connectivity index (χ0v) is 12.7. The van der Waals surface area contributed by atoms with Crippen molar-refractivity contribution in [3.63, 3.8) is 0 Å². The SMILES string of the molecule is CCCNc1cn2ccnc2c(OCC2CCCCC2)n1. The van der Waals surface area contributed by atoms with Gasteiger partial charge in [-0.3, -0.25) is 4.40 Å². The fraction of sp³-hybridized carbons (Fsp3) is 0.625. The van der Waals surface area contributed by atoms with Crippen molar-refractivity contribution in [1.29, 1.82) is 0 Å². The number of nitrogens with zero attached hydrogens (tertiary/aromatic N) is 3. The highest BCUT2D eigenvalue weighted by molar-refractivity contribution is 5.53. The number of anilines is 1. The number of nitrogens with one attached hydrogen (secondary N) is 1. The normalized spacial score (nSPS) is 16.2. The third-order valence-corrected chi connectivity index (χ3v) is 4.08. The lowest BCUT2D eigenvalue weighted by atomic mass is 9.90. The minimum Gasteiger partial charge on any atom is -0.475 e. The maximum Gasteiger partial charge on any atom is 0.260 e. The Morgan fingerprint density at radius 1 is 1.33 bits per heavy atom. The molecule has 3 rings (SSSR count). The van der Waals surface area contributed by atoms with Crippen LogP contribution in [0.5, 0.6) is 5.88 Å². The van der Waals surface area contributed by atoms with Gasteiger partial charge in [-0.25, -0.2) is 4.98 Å². The quantitative estimate of drug-likeness (QED) is 0.883. The van der Waals surface area contributed by atoms with Gasteiger partial charge in [0.25, 0.3) is 5.88 Å². The summed E-state index contributed by atoms with van der Waals surface area (Å²) in [7, 11) is 0. The van der Waals surface area contributed by atoms with Gasteiger partial charge in [-0.05, 0) is 25.2 Å². The van der Waals surface area contributed by atoms with E-state index >= 15 is 0 Å². The molecule has 2 aromatic rings. The van der Waals surface area contributed by atoms with E-state index in [9.17, 15) is 0 Å². The first kappa shape index (κ1) is 14.2. The Kier molecular flexibility index (Phi) is 4.58. The first-order valence-electron chi connectivity index (χ1n) is 8.07. The van der Waals surface area contributed by atoms with Crippen molar-refractivity contribution >= 4 is 11.5 Å². The van der Waals surface area contributed by atoms with Crippen molar-refractivity contribution in [2.75, 3.05) is 18.5 Å². The molecular formula is C16H24N4O. The van der Waals surface area contributed by atoms with Gasteiger partial charge in [-0.15, -0.1) is 0 Å². The molecule has 0 unspecified atom stereocenters. The van der Waals surface area contributed by atoms with E-state index in [0.29, 0.717) is 11.8 Å². The Balaban J connectivity index is 1.73. The highest BCUT2D eigenvalue weighted by atomic mass is 16.5. The molecule has 0 saturated heterocycles. The molecule has 0 bridgehead atoms. The maximum absolute atomic E-state index is 6.00. The van der Waals surface area contributed by atoms with E-state index in [-0.39, 0.29) is 0 Å². The second-order valence-corrected chi connectivity index (χ2v) is 5.83. The van der Waals surface area contributed by atoms with Crippen LogP contribution in [0.15, 0.2) is 18.6 Å². The van der Waals surface area contributed by atoms with Crippen molar-refractivity contribution < 1.29 is 4.74 Å². The van der Waals surface area contributed by atoms with Gasteiger partial charge in [0.1, 0.15) is 5.82 Å². The molecule has 1 fully saturated rings. The predicted octanol–water partition coefficient (Wildman–Crippen LogP) is 3.51. The van der Waals surface area contributed by atoms with E-state index in [1.54, 1.807) is 6.20 Å². The maximum atomic E-state index is 6.00. The first-order valence-corrected chi connectivity index (χ1v) is 8.07. The number of ether oxygens (including phenoxy) is 1. The molecule has 0 aromatic carbocycles. The van der Waals surface area contributed by atoms with Gasteiger partial charge in [0.15, 0.2) is 0 Å². The van der Waals surface area contributed by atoms with Crippen LogP contribution in [0.25, 0.3) is 5.65 Å². The van der Waals surface area contributed by atoms with Crippen LogP contribution in [0.1, 0.15) is 45.4 Å². The van der Waals surface area contributed by atoms with Crippen LogP contribution in [0, 0.1) is 5.92 Å². The van der Waals surface area contributed by atoms with Gasteiger partial charge < -0.3 is 10.1 Å². The van der Waals surface area contributed by atoms with Crippen molar-refractivity contribution in [3.8, 4) is 5.88 Å². The van der Waals surface area contributed by atoms with Gasteiger partial charge >= 0.3 is 0 Å². The fourth-order valence-electron chi connectivity index (χ4n) is 2.89. The number of hydrogen-bond donors (Lipinski definition) is 1. The summed E-state index contributed by atoms with van der Waals surface area (Å²) in [4.78, 5) is 8.93. The monoisotopic (exact) mass is 288 g/mol. The number of imidazole rings is 1. The second kappa shape index (κ2) is 6.78. The molecule has 21 heavy (non-hydrogen) atoms. The van der Waals surface area contributed by atoms with Gasteiger partial charge in [0.2, 0.25) is 5.65 Å². The Morgan fingerprint density at radius 3 is 3.00 bits per heavy atom. The Labute approximate surface area is 125 Å². The second-order valence-electron chi connectivity index (χ2n) is 5.83. The van der Waals surface area contributed by atoms with Gasteiger partial charge in [0, 0.05) is 18.9 Å².